The van der Waals surface area contributed by atoms with Gasteiger partial charge in [0.25, 0.3) is 0 Å². The standard InChI is InChI=1S/C25H36O9/c1-6-10(2)21(30)34-16-18-24(5)20(29)15(27)17-23(4)12(11(3)7-13(26)19(23)28)8-14(33-22(16)31)25(17,18)9-32-24/h7,10,12-20,26-29H,6,8-9H2,1-5H3/t10-,12+,13+,14-,15-,16-,17-,18+,19-,20-,23+,24+,25-/m1/s1. The van der Waals surface area contributed by atoms with Crippen molar-refractivity contribution in [2.75, 3.05) is 6.61 Å². The average Bonchev–Trinajstić information content (AvgIpc) is 3.06. The molecule has 0 aromatic carbocycles. The predicted molar refractivity (Wildman–Crippen MR) is 117 cm³/mol. The van der Waals surface area contributed by atoms with Gasteiger partial charge in [-0.1, -0.05) is 32.4 Å². The molecule has 0 radical (unpaired) electrons. The summed E-state index contributed by atoms with van der Waals surface area (Å²) >= 11 is 0. The van der Waals surface area contributed by atoms with Gasteiger partial charge in [0.1, 0.15) is 17.8 Å². The van der Waals surface area contributed by atoms with Crippen molar-refractivity contribution < 1.29 is 44.2 Å². The van der Waals surface area contributed by atoms with Crippen molar-refractivity contribution in [2.24, 2.45) is 34.5 Å². The fourth-order valence-electron chi connectivity index (χ4n) is 8.25. The van der Waals surface area contributed by atoms with Crippen LogP contribution in [0.5, 0.6) is 0 Å². The molecule has 2 saturated carbocycles. The Morgan fingerprint density at radius 3 is 2.53 bits per heavy atom. The Balaban J connectivity index is 1.68. The lowest BCUT2D eigenvalue weighted by Gasteiger charge is -2.68. The molecule has 2 aliphatic heterocycles. The van der Waals surface area contributed by atoms with E-state index in [0.29, 0.717) is 12.8 Å². The van der Waals surface area contributed by atoms with Crippen LogP contribution in [-0.2, 0) is 23.8 Å². The van der Waals surface area contributed by atoms with E-state index in [1.165, 1.54) is 0 Å². The Kier molecular flexibility index (Phi) is 5.33. The number of aliphatic hydroxyl groups excluding tert-OH is 4. The molecule has 13 atom stereocenters. The van der Waals surface area contributed by atoms with Gasteiger partial charge in [-0.2, -0.15) is 0 Å². The van der Waals surface area contributed by atoms with Gasteiger partial charge in [-0.3, -0.25) is 4.79 Å². The van der Waals surface area contributed by atoms with Crippen LogP contribution in [0.1, 0.15) is 47.5 Å². The molecule has 1 spiro atoms. The number of rotatable bonds is 3. The third-order valence-corrected chi connectivity index (χ3v) is 10.1. The first-order chi connectivity index (χ1) is 15.8. The van der Waals surface area contributed by atoms with Crippen molar-refractivity contribution in [1.29, 1.82) is 0 Å². The van der Waals surface area contributed by atoms with E-state index in [9.17, 15) is 30.0 Å². The second-order valence-corrected chi connectivity index (χ2v) is 11.6. The maximum absolute atomic E-state index is 13.3. The number of aliphatic hydroxyl groups is 4. The van der Waals surface area contributed by atoms with Crippen molar-refractivity contribution in [3.05, 3.63) is 11.6 Å². The summed E-state index contributed by atoms with van der Waals surface area (Å²) < 4.78 is 17.9. The van der Waals surface area contributed by atoms with Gasteiger partial charge in [-0.05, 0) is 32.6 Å². The predicted octanol–water partition coefficient (Wildman–Crippen LogP) is 0.321. The third-order valence-electron chi connectivity index (χ3n) is 10.1. The number of allylic oxidation sites excluding steroid dienone is 1. The van der Waals surface area contributed by atoms with Gasteiger partial charge in [0.15, 0.2) is 0 Å². The van der Waals surface area contributed by atoms with Gasteiger partial charge in [0.2, 0.25) is 6.10 Å². The molecule has 2 saturated heterocycles. The summed E-state index contributed by atoms with van der Waals surface area (Å²) in [5, 5.41) is 44.8. The Morgan fingerprint density at radius 2 is 1.88 bits per heavy atom. The zero-order valence-corrected chi connectivity index (χ0v) is 20.3. The number of carbonyl (C=O) groups excluding carboxylic acids is 2. The van der Waals surface area contributed by atoms with Crippen LogP contribution in [0, 0.1) is 34.5 Å². The van der Waals surface area contributed by atoms with Gasteiger partial charge in [0, 0.05) is 16.7 Å². The maximum atomic E-state index is 13.3. The minimum atomic E-state index is -1.40. The molecule has 2 heterocycles. The second kappa shape index (κ2) is 7.49. The number of carbonyl (C=O) groups is 2. The number of fused-ring (bicyclic) bond motifs is 2. The Labute approximate surface area is 199 Å². The fraction of sp³-hybridized carbons (Fsp3) is 0.840. The summed E-state index contributed by atoms with van der Waals surface area (Å²) in [5.41, 5.74) is -2.58. The molecule has 3 aliphatic carbocycles. The first-order valence-corrected chi connectivity index (χ1v) is 12.3. The Bertz CT molecular complexity index is 933. The van der Waals surface area contributed by atoms with E-state index in [1.807, 2.05) is 20.8 Å². The van der Waals surface area contributed by atoms with Crippen LogP contribution in [0.4, 0.5) is 0 Å². The summed E-state index contributed by atoms with van der Waals surface area (Å²) in [6, 6.07) is 0. The van der Waals surface area contributed by atoms with E-state index >= 15 is 0 Å². The summed E-state index contributed by atoms with van der Waals surface area (Å²) in [6.07, 6.45) is -4.53. The van der Waals surface area contributed by atoms with Crippen LogP contribution >= 0.6 is 0 Å². The fourth-order valence-corrected chi connectivity index (χ4v) is 8.25. The molecule has 9 heteroatoms. The molecular formula is C25H36O9. The van der Waals surface area contributed by atoms with Gasteiger partial charge in [-0.15, -0.1) is 0 Å². The molecule has 190 valence electrons. The largest absolute Gasteiger partial charge is 0.459 e. The molecule has 4 N–H and O–H groups in total. The Morgan fingerprint density at radius 1 is 1.21 bits per heavy atom. The molecule has 0 aromatic rings. The normalized spacial score (nSPS) is 54.3. The van der Waals surface area contributed by atoms with Crippen molar-refractivity contribution in [3.63, 3.8) is 0 Å². The average molecular weight is 481 g/mol. The third kappa shape index (κ3) is 2.68. The topological polar surface area (TPSA) is 143 Å². The minimum Gasteiger partial charge on any atom is -0.459 e. The van der Waals surface area contributed by atoms with Crippen LogP contribution < -0.4 is 0 Å². The van der Waals surface area contributed by atoms with Gasteiger partial charge < -0.3 is 34.6 Å². The summed E-state index contributed by atoms with van der Waals surface area (Å²) in [7, 11) is 0. The first-order valence-electron chi connectivity index (χ1n) is 12.3. The molecular weight excluding hydrogens is 444 g/mol. The number of esters is 2. The molecule has 9 nitrogen and oxygen atoms in total. The summed E-state index contributed by atoms with van der Waals surface area (Å²) in [6.45, 7) is 8.95. The van der Waals surface area contributed by atoms with Gasteiger partial charge >= 0.3 is 11.9 Å². The molecule has 0 amide bonds. The lowest BCUT2D eigenvalue weighted by molar-refractivity contribution is -0.304. The molecule has 4 fully saturated rings. The van der Waals surface area contributed by atoms with E-state index in [1.54, 1.807) is 19.9 Å². The lowest BCUT2D eigenvalue weighted by Crippen LogP contribution is -2.79. The number of ether oxygens (including phenoxy) is 3. The van der Waals surface area contributed by atoms with E-state index in [2.05, 4.69) is 0 Å². The molecule has 5 rings (SSSR count). The summed E-state index contributed by atoms with van der Waals surface area (Å²) in [5.74, 6) is -3.51. The van der Waals surface area contributed by atoms with Crippen LogP contribution in [0.2, 0.25) is 0 Å². The zero-order chi connectivity index (χ0) is 25.0. The highest BCUT2D eigenvalue weighted by molar-refractivity contribution is 5.82. The number of hydrogen-bond donors (Lipinski definition) is 4. The minimum absolute atomic E-state index is 0.0656. The van der Waals surface area contributed by atoms with E-state index in [4.69, 9.17) is 14.2 Å². The SMILES string of the molecule is CC[C@@H](C)C(=O)O[C@H]1C(=O)O[C@@H]2C[C@H]3C(C)=C[C@H](O)[C@@H](O)[C@]3(C)[C@H]3[C@@H](O)[C@@H](O)[C@@]4(C)OC[C@]32[C@@H]14. The first kappa shape index (κ1) is 24.2. The van der Waals surface area contributed by atoms with Crippen LogP contribution in [-0.4, -0.2) is 81.2 Å². The quantitative estimate of drug-likeness (QED) is 0.332. The molecule has 34 heavy (non-hydrogen) atoms. The second-order valence-electron chi connectivity index (χ2n) is 11.6. The van der Waals surface area contributed by atoms with Crippen molar-refractivity contribution in [3.8, 4) is 0 Å². The van der Waals surface area contributed by atoms with Crippen LogP contribution in [0.25, 0.3) is 0 Å². The highest BCUT2D eigenvalue weighted by Crippen LogP contribution is 2.72. The van der Waals surface area contributed by atoms with E-state index in [-0.39, 0.29) is 12.5 Å². The van der Waals surface area contributed by atoms with Crippen LogP contribution in [0.15, 0.2) is 11.6 Å². The van der Waals surface area contributed by atoms with E-state index in [0.717, 1.165) is 5.57 Å². The monoisotopic (exact) mass is 480 g/mol. The summed E-state index contributed by atoms with van der Waals surface area (Å²) in [4.78, 5) is 26.0. The van der Waals surface area contributed by atoms with Gasteiger partial charge in [-0.25, -0.2) is 4.79 Å². The molecule has 0 aromatic heterocycles. The maximum Gasteiger partial charge on any atom is 0.348 e. The van der Waals surface area contributed by atoms with Crippen LogP contribution in [0.3, 0.4) is 0 Å². The molecule has 5 aliphatic rings. The Hall–Kier alpha value is -1.52. The lowest BCUT2D eigenvalue weighted by atomic mass is 9.38. The number of hydrogen-bond acceptors (Lipinski definition) is 9. The highest BCUT2D eigenvalue weighted by atomic mass is 16.6. The smallest absolute Gasteiger partial charge is 0.348 e. The van der Waals surface area contributed by atoms with Crippen molar-refractivity contribution in [1.82, 2.24) is 0 Å². The molecule has 2 bridgehead atoms. The zero-order valence-electron chi connectivity index (χ0n) is 20.3. The molecule has 0 unspecified atom stereocenters. The van der Waals surface area contributed by atoms with Crippen molar-refractivity contribution in [2.45, 2.75) is 89.7 Å². The highest BCUT2D eigenvalue weighted by Gasteiger charge is 2.82. The van der Waals surface area contributed by atoms with E-state index < -0.39 is 82.7 Å². The van der Waals surface area contributed by atoms with Gasteiger partial charge in [0.05, 0.1) is 36.8 Å². The van der Waals surface area contributed by atoms with Crippen molar-refractivity contribution >= 4 is 11.9 Å².